The standard InChI is InChI=1S/C7H17O5P/c1-2-5-13(10,11)12-7(6-9)3-4-8/h7-9H,2-6H2,1H3,(H,10,11). The van der Waals surface area contributed by atoms with Crippen LogP contribution in [-0.4, -0.2) is 40.6 Å². The molecular formula is C7H17O5P. The number of rotatable bonds is 7. The summed E-state index contributed by atoms with van der Waals surface area (Å²) in [4.78, 5) is 9.18. The molecule has 13 heavy (non-hydrogen) atoms. The highest BCUT2D eigenvalue weighted by Gasteiger charge is 2.22. The van der Waals surface area contributed by atoms with Gasteiger partial charge in [0.05, 0.1) is 12.7 Å². The van der Waals surface area contributed by atoms with Gasteiger partial charge >= 0.3 is 7.60 Å². The van der Waals surface area contributed by atoms with Crippen LogP contribution in [0.4, 0.5) is 0 Å². The van der Waals surface area contributed by atoms with Gasteiger partial charge in [0, 0.05) is 12.8 Å². The van der Waals surface area contributed by atoms with Crippen molar-refractivity contribution in [2.24, 2.45) is 0 Å². The largest absolute Gasteiger partial charge is 0.396 e. The molecule has 3 N–H and O–H groups in total. The van der Waals surface area contributed by atoms with E-state index in [-0.39, 0.29) is 25.8 Å². The lowest BCUT2D eigenvalue weighted by molar-refractivity contribution is 0.0804. The zero-order chi connectivity index (χ0) is 10.3. The normalized spacial score (nSPS) is 18.2. The van der Waals surface area contributed by atoms with Crippen molar-refractivity contribution in [2.45, 2.75) is 25.9 Å². The van der Waals surface area contributed by atoms with Gasteiger partial charge in [-0.25, -0.2) is 0 Å². The van der Waals surface area contributed by atoms with Gasteiger partial charge in [0.25, 0.3) is 0 Å². The Balaban J connectivity index is 3.97. The van der Waals surface area contributed by atoms with E-state index in [9.17, 15) is 9.46 Å². The molecule has 0 aromatic rings. The fourth-order valence-corrected chi connectivity index (χ4v) is 2.20. The molecule has 0 rings (SSSR count). The molecule has 0 aromatic carbocycles. The molecule has 5 nitrogen and oxygen atoms in total. The first-order valence-corrected chi connectivity index (χ1v) is 6.04. The van der Waals surface area contributed by atoms with Gasteiger partial charge in [-0.05, 0) is 12.8 Å². The molecule has 80 valence electrons. The van der Waals surface area contributed by atoms with Crippen LogP contribution < -0.4 is 0 Å². The zero-order valence-electron chi connectivity index (χ0n) is 7.72. The fraction of sp³-hybridized carbons (Fsp3) is 1.00. The molecule has 0 bridgehead atoms. The molecule has 0 aliphatic carbocycles. The van der Waals surface area contributed by atoms with E-state index in [1.165, 1.54) is 0 Å². The van der Waals surface area contributed by atoms with Gasteiger partial charge in [-0.3, -0.25) is 4.57 Å². The summed E-state index contributed by atoms with van der Waals surface area (Å²) in [5.41, 5.74) is 0. The lowest BCUT2D eigenvalue weighted by atomic mass is 10.3. The topological polar surface area (TPSA) is 87.0 Å². The second-order valence-corrected chi connectivity index (χ2v) is 4.72. The minimum atomic E-state index is -3.57. The van der Waals surface area contributed by atoms with E-state index in [0.29, 0.717) is 6.42 Å². The first-order valence-electron chi connectivity index (χ1n) is 4.27. The molecule has 0 radical (unpaired) electrons. The fourth-order valence-electron chi connectivity index (χ4n) is 0.890. The minimum absolute atomic E-state index is 0.0783. The van der Waals surface area contributed by atoms with E-state index in [0.717, 1.165) is 0 Å². The number of hydrogen-bond acceptors (Lipinski definition) is 4. The van der Waals surface area contributed by atoms with Crippen LogP contribution in [0.2, 0.25) is 0 Å². The van der Waals surface area contributed by atoms with Crippen LogP contribution in [0.3, 0.4) is 0 Å². The monoisotopic (exact) mass is 212 g/mol. The zero-order valence-corrected chi connectivity index (χ0v) is 8.61. The Morgan fingerprint density at radius 1 is 1.46 bits per heavy atom. The van der Waals surface area contributed by atoms with Crippen LogP contribution in [0.25, 0.3) is 0 Å². The van der Waals surface area contributed by atoms with Crippen LogP contribution in [0.15, 0.2) is 0 Å². The molecule has 2 unspecified atom stereocenters. The average molecular weight is 212 g/mol. The third kappa shape index (κ3) is 6.18. The van der Waals surface area contributed by atoms with Crippen LogP contribution in [0, 0.1) is 0 Å². The van der Waals surface area contributed by atoms with Gasteiger partial charge < -0.3 is 19.6 Å². The molecule has 0 amide bonds. The average Bonchev–Trinajstić information content (AvgIpc) is 2.03. The van der Waals surface area contributed by atoms with E-state index < -0.39 is 13.7 Å². The van der Waals surface area contributed by atoms with Crippen LogP contribution in [0.1, 0.15) is 19.8 Å². The van der Waals surface area contributed by atoms with Crippen molar-refractivity contribution >= 4 is 7.60 Å². The maximum Gasteiger partial charge on any atom is 0.328 e. The van der Waals surface area contributed by atoms with Gasteiger partial charge in [0.1, 0.15) is 0 Å². The first-order chi connectivity index (χ1) is 6.05. The maximum atomic E-state index is 11.2. The molecule has 6 heteroatoms. The summed E-state index contributed by atoms with van der Waals surface area (Å²) in [5.74, 6) is 0. The van der Waals surface area contributed by atoms with Crippen molar-refractivity contribution in [2.75, 3.05) is 19.4 Å². The van der Waals surface area contributed by atoms with Crippen molar-refractivity contribution < 1.29 is 24.2 Å². The maximum absolute atomic E-state index is 11.2. The summed E-state index contributed by atoms with van der Waals surface area (Å²) in [6.07, 6.45) is 0.0532. The Labute approximate surface area is 77.9 Å². The van der Waals surface area contributed by atoms with E-state index in [1.54, 1.807) is 6.92 Å². The molecule has 0 saturated carbocycles. The van der Waals surface area contributed by atoms with Gasteiger partial charge in [-0.2, -0.15) is 0 Å². The Hall–Kier alpha value is 0.0700. The highest BCUT2D eigenvalue weighted by molar-refractivity contribution is 7.52. The van der Waals surface area contributed by atoms with Gasteiger partial charge in [0.15, 0.2) is 0 Å². The first kappa shape index (κ1) is 13.1. The smallest absolute Gasteiger partial charge is 0.328 e. The lowest BCUT2D eigenvalue weighted by Gasteiger charge is -2.18. The molecule has 0 aliphatic rings. The van der Waals surface area contributed by atoms with Gasteiger partial charge in [-0.15, -0.1) is 0 Å². The third-order valence-electron chi connectivity index (χ3n) is 1.47. The molecule has 0 heterocycles. The van der Waals surface area contributed by atoms with Gasteiger partial charge in [-0.1, -0.05) is 6.92 Å². The highest BCUT2D eigenvalue weighted by atomic mass is 31.2. The van der Waals surface area contributed by atoms with Crippen molar-refractivity contribution in [1.82, 2.24) is 0 Å². The quantitative estimate of drug-likeness (QED) is 0.530. The number of aliphatic hydroxyl groups is 2. The highest BCUT2D eigenvalue weighted by Crippen LogP contribution is 2.43. The second kappa shape index (κ2) is 6.51. The molecule has 0 saturated heterocycles. The summed E-state index contributed by atoms with van der Waals surface area (Å²) in [5, 5.41) is 17.3. The molecule has 0 fully saturated rings. The SMILES string of the molecule is CCCP(=O)(O)OC(CO)CCO. The van der Waals surface area contributed by atoms with Crippen LogP contribution in [-0.2, 0) is 9.09 Å². The van der Waals surface area contributed by atoms with Crippen molar-refractivity contribution in [3.8, 4) is 0 Å². The van der Waals surface area contributed by atoms with Crippen molar-refractivity contribution in [3.63, 3.8) is 0 Å². The Morgan fingerprint density at radius 3 is 2.46 bits per heavy atom. The summed E-state index contributed by atoms with van der Waals surface area (Å²) >= 11 is 0. The summed E-state index contributed by atoms with van der Waals surface area (Å²) in [6, 6.07) is 0. The Bertz CT molecular complexity index is 172. The number of aliphatic hydroxyl groups excluding tert-OH is 2. The number of hydrogen-bond donors (Lipinski definition) is 3. The van der Waals surface area contributed by atoms with Crippen molar-refractivity contribution in [1.29, 1.82) is 0 Å². The minimum Gasteiger partial charge on any atom is -0.396 e. The predicted molar refractivity (Wildman–Crippen MR) is 48.6 cm³/mol. The summed E-state index contributed by atoms with van der Waals surface area (Å²) in [7, 11) is -3.57. The van der Waals surface area contributed by atoms with Crippen LogP contribution >= 0.6 is 7.60 Å². The molecule has 2 atom stereocenters. The van der Waals surface area contributed by atoms with E-state index in [2.05, 4.69) is 0 Å². The molecule has 0 aliphatic heterocycles. The predicted octanol–water partition coefficient (Wildman–Crippen LogP) is 0.342. The summed E-state index contributed by atoms with van der Waals surface area (Å²) in [6.45, 7) is 1.25. The molecule has 0 aromatic heterocycles. The van der Waals surface area contributed by atoms with E-state index in [1.807, 2.05) is 0 Å². The van der Waals surface area contributed by atoms with Gasteiger partial charge in [0.2, 0.25) is 0 Å². The third-order valence-corrected chi connectivity index (χ3v) is 3.11. The van der Waals surface area contributed by atoms with Crippen molar-refractivity contribution in [3.05, 3.63) is 0 Å². The molecule has 0 spiro atoms. The molecular weight excluding hydrogens is 195 g/mol. The Kier molecular flexibility index (Phi) is 6.55. The lowest BCUT2D eigenvalue weighted by Crippen LogP contribution is -2.18. The Morgan fingerprint density at radius 2 is 2.08 bits per heavy atom. The van der Waals surface area contributed by atoms with E-state index in [4.69, 9.17) is 14.7 Å². The van der Waals surface area contributed by atoms with E-state index >= 15 is 0 Å². The van der Waals surface area contributed by atoms with Crippen LogP contribution in [0.5, 0.6) is 0 Å². The second-order valence-electron chi connectivity index (χ2n) is 2.78. The summed E-state index contributed by atoms with van der Waals surface area (Å²) < 4.78 is 16.0.